The van der Waals surface area contributed by atoms with Crippen LogP contribution in [0.1, 0.15) is 16.1 Å². The summed E-state index contributed by atoms with van der Waals surface area (Å²) in [4.78, 5) is 14.4. The summed E-state index contributed by atoms with van der Waals surface area (Å²) in [6, 6.07) is 9.53. The molecule has 2 aromatic carbocycles. The Morgan fingerprint density at radius 1 is 1.23 bits per heavy atom. The van der Waals surface area contributed by atoms with Crippen LogP contribution in [0.4, 0.5) is 5.69 Å². The summed E-state index contributed by atoms with van der Waals surface area (Å²) in [7, 11) is 0. The second-order valence-electron chi connectivity index (χ2n) is 4.91. The second kappa shape index (κ2) is 4.93. The van der Waals surface area contributed by atoms with Gasteiger partial charge in [-0.2, -0.15) is 0 Å². The van der Waals surface area contributed by atoms with Gasteiger partial charge in [0, 0.05) is 5.39 Å². The molecule has 1 aromatic heterocycles. The van der Waals surface area contributed by atoms with Gasteiger partial charge in [0.15, 0.2) is 5.69 Å². The molecule has 5 nitrogen and oxygen atoms in total. The standard InChI is InChI=1S/C17H11NO4/c1-9-5-14-13(7-11(18-2)8-16(14)22-9)10-3-4-12(17(20)21)15(19)6-10/h3-8,19H,1H3,(H,20,21). The first-order valence-electron chi connectivity index (χ1n) is 6.48. The molecule has 0 radical (unpaired) electrons. The zero-order chi connectivity index (χ0) is 15.9. The van der Waals surface area contributed by atoms with Crippen LogP contribution >= 0.6 is 0 Å². The quantitative estimate of drug-likeness (QED) is 0.688. The van der Waals surface area contributed by atoms with Crippen molar-refractivity contribution >= 4 is 22.6 Å². The zero-order valence-electron chi connectivity index (χ0n) is 11.6. The Morgan fingerprint density at radius 2 is 2.00 bits per heavy atom. The van der Waals surface area contributed by atoms with Crippen LogP contribution in [0.15, 0.2) is 40.8 Å². The van der Waals surface area contributed by atoms with Crippen LogP contribution in [-0.2, 0) is 0 Å². The zero-order valence-corrected chi connectivity index (χ0v) is 11.6. The van der Waals surface area contributed by atoms with Crippen molar-refractivity contribution in [2.45, 2.75) is 6.92 Å². The van der Waals surface area contributed by atoms with E-state index in [-0.39, 0.29) is 11.3 Å². The molecule has 0 bridgehead atoms. The minimum Gasteiger partial charge on any atom is -0.507 e. The maximum Gasteiger partial charge on any atom is 0.339 e. The van der Waals surface area contributed by atoms with Gasteiger partial charge in [-0.05, 0) is 48.4 Å². The highest BCUT2D eigenvalue weighted by atomic mass is 16.4. The normalized spacial score (nSPS) is 10.5. The summed E-state index contributed by atoms with van der Waals surface area (Å²) >= 11 is 0. The third-order valence-electron chi connectivity index (χ3n) is 3.41. The highest BCUT2D eigenvalue weighted by Gasteiger charge is 2.14. The molecule has 0 saturated carbocycles. The van der Waals surface area contributed by atoms with Crippen molar-refractivity contribution in [1.29, 1.82) is 0 Å². The first kappa shape index (κ1) is 13.7. The van der Waals surface area contributed by atoms with Crippen molar-refractivity contribution in [3.8, 4) is 16.9 Å². The molecule has 108 valence electrons. The summed E-state index contributed by atoms with van der Waals surface area (Å²) in [6.45, 7) is 8.99. The van der Waals surface area contributed by atoms with E-state index in [9.17, 15) is 9.90 Å². The summed E-state index contributed by atoms with van der Waals surface area (Å²) in [5.41, 5.74) is 2.18. The fourth-order valence-corrected chi connectivity index (χ4v) is 2.43. The fourth-order valence-electron chi connectivity index (χ4n) is 2.43. The lowest BCUT2D eigenvalue weighted by molar-refractivity contribution is 0.0694. The summed E-state index contributed by atoms with van der Waals surface area (Å²) in [5.74, 6) is -0.792. The summed E-state index contributed by atoms with van der Waals surface area (Å²) in [6.07, 6.45) is 0. The molecule has 0 aliphatic heterocycles. The Kier molecular flexibility index (Phi) is 3.08. The van der Waals surface area contributed by atoms with E-state index in [1.165, 1.54) is 12.1 Å². The predicted molar refractivity (Wildman–Crippen MR) is 81.3 cm³/mol. The third-order valence-corrected chi connectivity index (χ3v) is 3.41. The molecule has 0 spiro atoms. The van der Waals surface area contributed by atoms with Crippen LogP contribution in [0.25, 0.3) is 26.9 Å². The van der Waals surface area contributed by atoms with Gasteiger partial charge in [-0.3, -0.25) is 0 Å². The highest BCUT2D eigenvalue weighted by molar-refractivity contribution is 5.98. The van der Waals surface area contributed by atoms with Gasteiger partial charge < -0.3 is 14.6 Å². The molecule has 0 atom stereocenters. The van der Waals surface area contributed by atoms with Crippen molar-refractivity contribution in [2.75, 3.05) is 0 Å². The van der Waals surface area contributed by atoms with E-state index in [1.54, 1.807) is 18.2 Å². The number of carboxylic acid groups (broad SMARTS) is 1. The lowest BCUT2D eigenvalue weighted by atomic mass is 9.99. The molecule has 0 unspecified atom stereocenters. The predicted octanol–water partition coefficient (Wildman–Crippen LogP) is 4.36. The van der Waals surface area contributed by atoms with Crippen molar-refractivity contribution in [1.82, 2.24) is 0 Å². The molecular weight excluding hydrogens is 282 g/mol. The van der Waals surface area contributed by atoms with Crippen LogP contribution in [0.3, 0.4) is 0 Å². The first-order valence-corrected chi connectivity index (χ1v) is 6.48. The molecule has 22 heavy (non-hydrogen) atoms. The van der Waals surface area contributed by atoms with E-state index in [2.05, 4.69) is 4.85 Å². The van der Waals surface area contributed by atoms with E-state index in [0.29, 0.717) is 28.2 Å². The molecule has 2 N–H and O–H groups in total. The lowest BCUT2D eigenvalue weighted by Crippen LogP contribution is -1.96. The number of rotatable bonds is 2. The molecule has 0 fully saturated rings. The maximum absolute atomic E-state index is 11.0. The van der Waals surface area contributed by atoms with Crippen molar-refractivity contribution in [3.05, 3.63) is 59.1 Å². The Bertz CT molecular complexity index is 947. The van der Waals surface area contributed by atoms with Crippen LogP contribution in [0.2, 0.25) is 0 Å². The topological polar surface area (TPSA) is 75.0 Å². The summed E-state index contributed by atoms with van der Waals surface area (Å²) < 4.78 is 5.56. The number of aromatic carboxylic acids is 1. The van der Waals surface area contributed by atoms with Gasteiger partial charge in [0.05, 0.1) is 6.57 Å². The average molecular weight is 293 g/mol. The van der Waals surface area contributed by atoms with E-state index >= 15 is 0 Å². The number of hydrogen-bond acceptors (Lipinski definition) is 3. The minimum atomic E-state index is -1.19. The van der Waals surface area contributed by atoms with Crippen LogP contribution in [-0.4, -0.2) is 16.2 Å². The number of aryl methyl sites for hydroxylation is 1. The number of furan rings is 1. The largest absolute Gasteiger partial charge is 0.507 e. The Balaban J connectivity index is 2.27. The van der Waals surface area contributed by atoms with Crippen molar-refractivity contribution in [3.63, 3.8) is 0 Å². The van der Waals surface area contributed by atoms with Gasteiger partial charge in [0.2, 0.25) is 0 Å². The number of carboxylic acids is 1. The highest BCUT2D eigenvalue weighted by Crippen LogP contribution is 2.36. The molecule has 1 heterocycles. The number of hydrogen-bond donors (Lipinski definition) is 2. The van der Waals surface area contributed by atoms with Gasteiger partial charge in [-0.1, -0.05) is 6.07 Å². The van der Waals surface area contributed by atoms with E-state index in [1.807, 2.05) is 13.0 Å². The molecular formula is C17H11NO4. The molecule has 0 aliphatic carbocycles. The van der Waals surface area contributed by atoms with Crippen molar-refractivity contribution < 1.29 is 19.4 Å². The smallest absolute Gasteiger partial charge is 0.339 e. The summed E-state index contributed by atoms with van der Waals surface area (Å²) in [5, 5.41) is 19.6. The number of nitrogens with zero attached hydrogens (tertiary/aromatic N) is 1. The number of carbonyl (C=O) groups is 1. The number of fused-ring (bicyclic) bond motifs is 1. The van der Waals surface area contributed by atoms with Gasteiger partial charge in [0.25, 0.3) is 0 Å². The minimum absolute atomic E-state index is 0.162. The molecule has 0 amide bonds. The van der Waals surface area contributed by atoms with Crippen LogP contribution in [0, 0.1) is 13.5 Å². The van der Waals surface area contributed by atoms with E-state index in [0.717, 1.165) is 5.39 Å². The Morgan fingerprint density at radius 3 is 2.64 bits per heavy atom. The number of phenols is 1. The second-order valence-corrected chi connectivity index (χ2v) is 4.91. The number of aromatic hydroxyl groups is 1. The van der Waals surface area contributed by atoms with Crippen molar-refractivity contribution in [2.24, 2.45) is 0 Å². The van der Waals surface area contributed by atoms with Gasteiger partial charge >= 0.3 is 5.97 Å². The van der Waals surface area contributed by atoms with Crippen LogP contribution in [0.5, 0.6) is 5.75 Å². The van der Waals surface area contributed by atoms with Crippen LogP contribution < -0.4 is 0 Å². The molecule has 5 heteroatoms. The number of benzene rings is 2. The van der Waals surface area contributed by atoms with Gasteiger partial charge in [0.1, 0.15) is 22.7 Å². The van der Waals surface area contributed by atoms with E-state index in [4.69, 9.17) is 16.1 Å². The van der Waals surface area contributed by atoms with Gasteiger partial charge in [-0.25, -0.2) is 9.64 Å². The van der Waals surface area contributed by atoms with Gasteiger partial charge in [-0.15, -0.1) is 0 Å². The lowest BCUT2D eigenvalue weighted by Gasteiger charge is -2.07. The Labute approximate surface area is 125 Å². The molecule has 0 saturated heterocycles. The monoisotopic (exact) mass is 293 g/mol. The Hall–Kier alpha value is -3.26. The third kappa shape index (κ3) is 2.17. The van der Waals surface area contributed by atoms with E-state index < -0.39 is 5.97 Å². The molecule has 3 rings (SSSR count). The fraction of sp³-hybridized carbons (Fsp3) is 0.0588. The first-order chi connectivity index (χ1) is 10.5. The SMILES string of the molecule is [C-]#[N+]c1cc(-c2ccc(C(=O)O)c(O)c2)c2cc(C)oc2c1. The molecule has 0 aliphatic rings. The maximum atomic E-state index is 11.0. The average Bonchev–Trinajstić information content (AvgIpc) is 2.85. The molecule has 3 aromatic rings.